The summed E-state index contributed by atoms with van der Waals surface area (Å²) in [4.78, 5) is 47.9. The lowest BCUT2D eigenvalue weighted by Gasteiger charge is -2.13. The molecule has 1 aromatic carbocycles. The lowest BCUT2D eigenvalue weighted by atomic mass is 10.1. The van der Waals surface area contributed by atoms with Gasteiger partial charge in [-0.1, -0.05) is 11.6 Å². The van der Waals surface area contributed by atoms with Crippen molar-refractivity contribution in [3.63, 3.8) is 0 Å². The molecule has 0 atom stereocenters. The van der Waals surface area contributed by atoms with Crippen LogP contribution in [0, 0.1) is 0 Å². The molecule has 3 aromatic rings. The number of fused-ring (bicyclic) bond motifs is 3. The lowest BCUT2D eigenvalue weighted by molar-refractivity contribution is -0.113. The fourth-order valence-corrected chi connectivity index (χ4v) is 5.73. The zero-order valence-electron chi connectivity index (χ0n) is 17.1. The Bertz CT molecular complexity index is 1240. The van der Waals surface area contributed by atoms with Crippen LogP contribution >= 0.6 is 34.7 Å². The number of hydrogen-bond donors (Lipinski definition) is 2. The maximum atomic E-state index is 12.5. The molecule has 0 saturated heterocycles. The maximum Gasteiger partial charge on any atom is 0.259 e. The maximum absolute atomic E-state index is 12.5. The minimum absolute atomic E-state index is 0.0938. The second-order valence-corrected chi connectivity index (χ2v) is 9.96. The second-order valence-electron chi connectivity index (χ2n) is 7.49. The molecule has 2 N–H and O–H groups in total. The number of anilines is 1. The van der Waals surface area contributed by atoms with Crippen molar-refractivity contribution in [2.75, 3.05) is 25.2 Å². The molecule has 1 aliphatic carbocycles. The van der Waals surface area contributed by atoms with Crippen LogP contribution in [0.25, 0.3) is 10.2 Å². The molecular formula is C21H21ClN4O3S2. The molecule has 0 unspecified atom stereocenters. The van der Waals surface area contributed by atoms with Gasteiger partial charge in [-0.3, -0.25) is 14.4 Å². The number of aromatic nitrogens is 2. The Labute approximate surface area is 192 Å². The number of carbonyl (C=O) groups is 2. The minimum Gasteiger partial charge on any atom is -0.345 e. The summed E-state index contributed by atoms with van der Waals surface area (Å²) >= 11 is 9.06. The number of carbonyl (C=O) groups excluding carboxylic acids is 2. The topological polar surface area (TPSA) is 95.2 Å². The van der Waals surface area contributed by atoms with Gasteiger partial charge >= 0.3 is 0 Å². The third kappa shape index (κ3) is 4.63. The van der Waals surface area contributed by atoms with Crippen LogP contribution < -0.4 is 10.9 Å². The summed E-state index contributed by atoms with van der Waals surface area (Å²) in [5.74, 6) is 0.726. The summed E-state index contributed by atoms with van der Waals surface area (Å²) in [7, 11) is 3.28. The molecular weight excluding hydrogens is 456 g/mol. The molecule has 0 spiro atoms. The van der Waals surface area contributed by atoms with E-state index in [1.54, 1.807) is 43.6 Å². The average molecular weight is 477 g/mol. The number of H-pyrrole nitrogens is 1. The van der Waals surface area contributed by atoms with Gasteiger partial charge < -0.3 is 15.2 Å². The van der Waals surface area contributed by atoms with Gasteiger partial charge in [0.1, 0.15) is 10.7 Å². The normalized spacial score (nSPS) is 12.7. The number of aromatic amines is 1. The highest BCUT2D eigenvalue weighted by Crippen LogP contribution is 2.34. The highest BCUT2D eigenvalue weighted by molar-refractivity contribution is 7.99. The molecule has 0 bridgehead atoms. The predicted molar refractivity (Wildman–Crippen MR) is 127 cm³/mol. The smallest absolute Gasteiger partial charge is 0.259 e. The SMILES string of the molecule is CN(C)C(=O)c1cc(NC(=O)CSCc2nc3sc4c(c3c(=O)[nH]2)CCC4)ccc1Cl. The number of halogens is 1. The first-order valence-electron chi connectivity index (χ1n) is 9.75. The van der Waals surface area contributed by atoms with Crippen LogP contribution in [-0.2, 0) is 23.4 Å². The van der Waals surface area contributed by atoms with Crippen LogP contribution in [0.5, 0.6) is 0 Å². The molecule has 1 aliphatic rings. The first-order chi connectivity index (χ1) is 14.8. The Morgan fingerprint density at radius 1 is 1.32 bits per heavy atom. The third-order valence-electron chi connectivity index (χ3n) is 4.98. The Morgan fingerprint density at radius 3 is 2.90 bits per heavy atom. The molecule has 0 radical (unpaired) electrons. The van der Waals surface area contributed by atoms with Gasteiger partial charge in [0.2, 0.25) is 5.91 Å². The lowest BCUT2D eigenvalue weighted by Crippen LogP contribution is -2.22. The molecule has 0 fully saturated rings. The zero-order valence-corrected chi connectivity index (χ0v) is 19.5. The van der Waals surface area contributed by atoms with Crippen LogP contribution in [0.15, 0.2) is 23.0 Å². The number of thiophene rings is 1. The number of nitrogens with zero attached hydrogens (tertiary/aromatic N) is 2. The van der Waals surface area contributed by atoms with E-state index in [4.69, 9.17) is 11.6 Å². The molecule has 2 aromatic heterocycles. The monoisotopic (exact) mass is 476 g/mol. The first kappa shape index (κ1) is 21.9. The number of thioether (sulfide) groups is 1. The van der Waals surface area contributed by atoms with Crippen molar-refractivity contribution in [1.29, 1.82) is 0 Å². The van der Waals surface area contributed by atoms with Crippen LogP contribution in [0.3, 0.4) is 0 Å². The van der Waals surface area contributed by atoms with E-state index in [0.717, 1.165) is 35.0 Å². The van der Waals surface area contributed by atoms with Gasteiger partial charge in [0.05, 0.1) is 27.5 Å². The van der Waals surface area contributed by atoms with Crippen molar-refractivity contribution in [3.05, 3.63) is 55.4 Å². The summed E-state index contributed by atoms with van der Waals surface area (Å²) in [5.41, 5.74) is 1.89. The summed E-state index contributed by atoms with van der Waals surface area (Å²) in [6, 6.07) is 4.81. The molecule has 31 heavy (non-hydrogen) atoms. The van der Waals surface area contributed by atoms with Gasteiger partial charge in [-0.25, -0.2) is 4.98 Å². The molecule has 2 amide bonds. The van der Waals surface area contributed by atoms with E-state index in [2.05, 4.69) is 15.3 Å². The highest BCUT2D eigenvalue weighted by atomic mass is 35.5. The third-order valence-corrected chi connectivity index (χ3v) is 7.44. The van der Waals surface area contributed by atoms with E-state index >= 15 is 0 Å². The molecule has 4 rings (SSSR count). The van der Waals surface area contributed by atoms with Crippen LogP contribution in [0.4, 0.5) is 5.69 Å². The van der Waals surface area contributed by atoms with Crippen LogP contribution in [0.2, 0.25) is 5.02 Å². The summed E-state index contributed by atoms with van der Waals surface area (Å²) in [6.07, 6.45) is 3.06. The summed E-state index contributed by atoms with van der Waals surface area (Å²) in [6.45, 7) is 0. The van der Waals surface area contributed by atoms with Crippen molar-refractivity contribution in [1.82, 2.24) is 14.9 Å². The molecule has 7 nitrogen and oxygen atoms in total. The van der Waals surface area contributed by atoms with Crippen molar-refractivity contribution >= 4 is 62.4 Å². The van der Waals surface area contributed by atoms with Gasteiger partial charge in [-0.2, -0.15) is 0 Å². The van der Waals surface area contributed by atoms with Crippen LogP contribution in [-0.4, -0.2) is 46.5 Å². The van der Waals surface area contributed by atoms with Gasteiger partial charge in [0.25, 0.3) is 11.5 Å². The molecule has 162 valence electrons. The van der Waals surface area contributed by atoms with E-state index in [-0.39, 0.29) is 23.1 Å². The molecule has 10 heteroatoms. The molecule has 0 saturated carbocycles. The van der Waals surface area contributed by atoms with Crippen molar-refractivity contribution in [2.24, 2.45) is 0 Å². The van der Waals surface area contributed by atoms with Crippen LogP contribution in [0.1, 0.15) is 33.0 Å². The van der Waals surface area contributed by atoms with E-state index in [0.29, 0.717) is 27.9 Å². The van der Waals surface area contributed by atoms with Crippen molar-refractivity contribution in [3.8, 4) is 0 Å². The number of rotatable bonds is 6. The van der Waals surface area contributed by atoms with E-state index in [1.807, 2.05) is 0 Å². The number of nitrogens with one attached hydrogen (secondary N) is 2. The minimum atomic E-state index is -0.236. The predicted octanol–water partition coefficient (Wildman–Crippen LogP) is 3.70. The summed E-state index contributed by atoms with van der Waals surface area (Å²) < 4.78 is 0. The Hall–Kier alpha value is -2.36. The van der Waals surface area contributed by atoms with Gasteiger partial charge in [0.15, 0.2) is 0 Å². The Kier molecular flexibility index (Phi) is 6.36. The quantitative estimate of drug-likeness (QED) is 0.565. The number of aryl methyl sites for hydroxylation is 2. The Balaban J connectivity index is 1.37. The van der Waals surface area contributed by atoms with Gasteiger partial charge in [-0.05, 0) is 43.0 Å². The number of hydrogen-bond acceptors (Lipinski definition) is 6. The van der Waals surface area contributed by atoms with E-state index in [9.17, 15) is 14.4 Å². The van der Waals surface area contributed by atoms with E-state index < -0.39 is 0 Å². The Morgan fingerprint density at radius 2 is 2.13 bits per heavy atom. The first-order valence-corrected chi connectivity index (χ1v) is 12.1. The van der Waals surface area contributed by atoms with E-state index in [1.165, 1.54) is 21.5 Å². The molecule has 0 aliphatic heterocycles. The number of benzene rings is 1. The number of amides is 2. The second kappa shape index (κ2) is 9.02. The highest BCUT2D eigenvalue weighted by Gasteiger charge is 2.21. The van der Waals surface area contributed by atoms with Crippen molar-refractivity contribution < 1.29 is 9.59 Å². The molecule has 2 heterocycles. The summed E-state index contributed by atoms with van der Waals surface area (Å²) in [5, 5.41) is 3.84. The fourth-order valence-electron chi connectivity index (χ4n) is 3.56. The standard InChI is InChI=1S/C21H21ClN4O3S2/c1-26(2)21(29)13-8-11(6-7-14(13)22)23-17(27)10-30-9-16-24-19(28)18-12-4-3-5-15(12)31-20(18)25-16/h6-8H,3-5,9-10H2,1-2H3,(H,23,27)(H,24,25,28). The average Bonchev–Trinajstić information content (AvgIpc) is 3.29. The largest absolute Gasteiger partial charge is 0.345 e. The zero-order chi connectivity index (χ0) is 22.1. The fraction of sp³-hybridized carbons (Fsp3) is 0.333. The van der Waals surface area contributed by atoms with Gasteiger partial charge in [0, 0.05) is 24.7 Å². The van der Waals surface area contributed by atoms with Gasteiger partial charge in [-0.15, -0.1) is 23.1 Å². The van der Waals surface area contributed by atoms with Crippen molar-refractivity contribution in [2.45, 2.75) is 25.0 Å².